The Balaban J connectivity index is 2.54. The number of halogens is 5. The summed E-state index contributed by atoms with van der Waals surface area (Å²) < 4.78 is 14.6. The second kappa shape index (κ2) is 5.91. The van der Waals surface area contributed by atoms with Gasteiger partial charge in [0.15, 0.2) is 0 Å². The molecule has 0 amide bonds. The van der Waals surface area contributed by atoms with E-state index in [1.165, 1.54) is 6.07 Å². The monoisotopic (exact) mass is 410 g/mol. The van der Waals surface area contributed by atoms with Crippen molar-refractivity contribution in [3.63, 3.8) is 0 Å². The summed E-state index contributed by atoms with van der Waals surface area (Å²) in [6.45, 7) is 0. The molecule has 0 fully saturated rings. The van der Waals surface area contributed by atoms with E-state index in [2.05, 4.69) is 31.9 Å². The Bertz CT molecular complexity index is 567. The zero-order valence-electron chi connectivity index (χ0n) is 8.93. The zero-order valence-corrected chi connectivity index (χ0v) is 13.6. The first-order valence-electron chi connectivity index (χ1n) is 5.03. The predicted molar refractivity (Wildman–Crippen MR) is 81.3 cm³/mol. The largest absolute Gasteiger partial charge is 0.207 e. The van der Waals surface area contributed by atoms with E-state index < -0.39 is 0 Å². The average molecular weight is 413 g/mol. The van der Waals surface area contributed by atoms with Gasteiger partial charge in [0, 0.05) is 20.1 Å². The Morgan fingerprint density at radius 2 is 1.83 bits per heavy atom. The molecule has 0 aliphatic rings. The van der Waals surface area contributed by atoms with E-state index in [9.17, 15) is 4.39 Å². The van der Waals surface area contributed by atoms with Crippen molar-refractivity contribution < 1.29 is 4.39 Å². The minimum atomic E-state index is -0.362. The van der Waals surface area contributed by atoms with Crippen molar-refractivity contribution in [2.45, 2.75) is 4.83 Å². The molecule has 0 aromatic heterocycles. The summed E-state index contributed by atoms with van der Waals surface area (Å²) in [7, 11) is 0. The lowest BCUT2D eigenvalue weighted by atomic mass is 10.0. The van der Waals surface area contributed by atoms with Crippen molar-refractivity contribution in [1.82, 2.24) is 0 Å². The van der Waals surface area contributed by atoms with Crippen LogP contribution in [0.3, 0.4) is 0 Å². The molecule has 2 aromatic rings. The molecule has 94 valence electrons. The van der Waals surface area contributed by atoms with E-state index >= 15 is 0 Å². The fraction of sp³-hybridized carbons (Fsp3) is 0.0769. The minimum absolute atomic E-state index is 0.303. The van der Waals surface area contributed by atoms with Gasteiger partial charge in [0.1, 0.15) is 5.82 Å². The summed E-state index contributed by atoms with van der Waals surface area (Å²) in [5.74, 6) is -0.303. The molecular formula is C13H7Br2Cl2F. The molecule has 0 aliphatic heterocycles. The first-order valence-corrected chi connectivity index (χ1v) is 7.50. The summed E-state index contributed by atoms with van der Waals surface area (Å²) in [5, 5.41) is 1.10. The van der Waals surface area contributed by atoms with Crippen LogP contribution in [0.15, 0.2) is 40.9 Å². The van der Waals surface area contributed by atoms with Gasteiger partial charge in [-0.15, -0.1) is 0 Å². The molecule has 0 nitrogen and oxygen atoms in total. The van der Waals surface area contributed by atoms with Gasteiger partial charge in [-0.25, -0.2) is 4.39 Å². The average Bonchev–Trinajstić information content (AvgIpc) is 2.32. The number of hydrogen-bond acceptors (Lipinski definition) is 0. The fourth-order valence-electron chi connectivity index (χ4n) is 1.62. The van der Waals surface area contributed by atoms with Crippen LogP contribution in [0, 0.1) is 5.82 Å². The maximum absolute atomic E-state index is 13.9. The Kier molecular flexibility index (Phi) is 4.70. The first kappa shape index (κ1) is 14.3. The van der Waals surface area contributed by atoms with Gasteiger partial charge in [-0.1, -0.05) is 61.1 Å². The van der Waals surface area contributed by atoms with Crippen LogP contribution >= 0.6 is 55.1 Å². The highest BCUT2D eigenvalue weighted by atomic mass is 79.9. The van der Waals surface area contributed by atoms with E-state index in [4.69, 9.17) is 23.2 Å². The third-order valence-electron chi connectivity index (χ3n) is 2.48. The van der Waals surface area contributed by atoms with E-state index in [1.54, 1.807) is 30.3 Å². The summed E-state index contributed by atoms with van der Waals surface area (Å²) >= 11 is 18.9. The molecule has 0 N–H and O–H groups in total. The molecular weight excluding hydrogens is 406 g/mol. The van der Waals surface area contributed by atoms with E-state index in [1.807, 2.05) is 0 Å². The molecule has 18 heavy (non-hydrogen) atoms. The highest BCUT2D eigenvalue weighted by Gasteiger charge is 2.20. The van der Waals surface area contributed by atoms with Gasteiger partial charge in [-0.2, -0.15) is 0 Å². The second-order valence-electron chi connectivity index (χ2n) is 3.66. The quantitative estimate of drug-likeness (QED) is 0.502. The topological polar surface area (TPSA) is 0 Å². The van der Waals surface area contributed by atoms with Crippen molar-refractivity contribution >= 4 is 55.1 Å². The van der Waals surface area contributed by atoms with Gasteiger partial charge in [0.05, 0.1) is 4.83 Å². The molecule has 0 aliphatic carbocycles. The molecule has 0 saturated heterocycles. The van der Waals surface area contributed by atoms with Crippen LogP contribution in [0.1, 0.15) is 16.0 Å². The molecule has 2 aromatic carbocycles. The standard InChI is InChI=1S/C13H7Br2Cl2F/c14-9-2-1-3-11(18)12(9)13(15)8-6-7(16)4-5-10(8)17/h1-6,13H. The van der Waals surface area contributed by atoms with Crippen LogP contribution in [0.4, 0.5) is 4.39 Å². The lowest BCUT2D eigenvalue weighted by Gasteiger charge is -2.15. The van der Waals surface area contributed by atoms with Crippen molar-refractivity contribution in [2.75, 3.05) is 0 Å². The first-order chi connectivity index (χ1) is 8.50. The lowest BCUT2D eigenvalue weighted by molar-refractivity contribution is 0.612. The molecule has 5 heteroatoms. The number of rotatable bonds is 2. The Labute approximate surface area is 131 Å². The third-order valence-corrected chi connectivity index (χ3v) is 4.71. The zero-order chi connectivity index (χ0) is 13.3. The van der Waals surface area contributed by atoms with Crippen molar-refractivity contribution in [3.05, 3.63) is 67.9 Å². The maximum atomic E-state index is 13.9. The summed E-state index contributed by atoms with van der Waals surface area (Å²) in [5.41, 5.74) is 1.23. The van der Waals surface area contributed by atoms with E-state index in [0.29, 0.717) is 20.1 Å². The SMILES string of the molecule is Fc1cccc(Br)c1C(Br)c1cc(Cl)ccc1Cl. The van der Waals surface area contributed by atoms with E-state index in [-0.39, 0.29) is 10.6 Å². The van der Waals surface area contributed by atoms with Crippen molar-refractivity contribution in [2.24, 2.45) is 0 Å². The minimum Gasteiger partial charge on any atom is -0.207 e. The van der Waals surface area contributed by atoms with Crippen LogP contribution in [-0.2, 0) is 0 Å². The van der Waals surface area contributed by atoms with Gasteiger partial charge in [0.2, 0.25) is 0 Å². The van der Waals surface area contributed by atoms with Crippen LogP contribution in [0.25, 0.3) is 0 Å². The summed E-state index contributed by atoms with van der Waals surface area (Å²) in [6, 6.07) is 9.95. The van der Waals surface area contributed by atoms with Gasteiger partial charge < -0.3 is 0 Å². The number of hydrogen-bond donors (Lipinski definition) is 0. The maximum Gasteiger partial charge on any atom is 0.129 e. The van der Waals surface area contributed by atoms with Gasteiger partial charge >= 0.3 is 0 Å². The van der Waals surface area contributed by atoms with Crippen LogP contribution in [0.5, 0.6) is 0 Å². The van der Waals surface area contributed by atoms with Crippen molar-refractivity contribution in [1.29, 1.82) is 0 Å². The molecule has 0 heterocycles. The predicted octanol–water partition coefficient (Wildman–Crippen LogP) is 6.38. The van der Waals surface area contributed by atoms with Gasteiger partial charge in [-0.05, 0) is 35.9 Å². The lowest BCUT2D eigenvalue weighted by Crippen LogP contribution is -1.99. The number of alkyl halides is 1. The summed E-state index contributed by atoms with van der Waals surface area (Å²) in [4.78, 5) is -0.362. The smallest absolute Gasteiger partial charge is 0.129 e. The molecule has 0 spiro atoms. The molecule has 0 radical (unpaired) electrons. The van der Waals surface area contributed by atoms with Crippen LogP contribution < -0.4 is 0 Å². The molecule has 0 bridgehead atoms. The van der Waals surface area contributed by atoms with Gasteiger partial charge in [-0.3, -0.25) is 0 Å². The van der Waals surface area contributed by atoms with E-state index in [0.717, 1.165) is 5.56 Å². The fourth-order valence-corrected chi connectivity index (χ4v) is 3.88. The molecule has 1 atom stereocenters. The third kappa shape index (κ3) is 2.90. The second-order valence-corrected chi connectivity index (χ2v) is 6.28. The number of benzene rings is 2. The summed E-state index contributed by atoms with van der Waals surface area (Å²) in [6.07, 6.45) is 0. The normalized spacial score (nSPS) is 12.5. The molecule has 2 rings (SSSR count). The van der Waals surface area contributed by atoms with Gasteiger partial charge in [0.25, 0.3) is 0 Å². The Morgan fingerprint density at radius 1 is 1.11 bits per heavy atom. The Morgan fingerprint density at radius 3 is 2.50 bits per heavy atom. The highest BCUT2D eigenvalue weighted by molar-refractivity contribution is 9.11. The Hall–Kier alpha value is -0.0900. The van der Waals surface area contributed by atoms with Crippen molar-refractivity contribution in [3.8, 4) is 0 Å². The molecule has 1 unspecified atom stereocenters. The highest BCUT2D eigenvalue weighted by Crippen LogP contribution is 2.40. The molecule has 0 saturated carbocycles. The van der Waals surface area contributed by atoms with Crippen LogP contribution in [0.2, 0.25) is 10.0 Å². The van der Waals surface area contributed by atoms with Crippen LogP contribution in [-0.4, -0.2) is 0 Å².